The molecule has 3 aromatic carbocycles. The van der Waals surface area contributed by atoms with Crippen molar-refractivity contribution in [2.75, 3.05) is 5.32 Å². The number of nitrogens with zero attached hydrogens (tertiary/aromatic N) is 4. The SMILES string of the molecule is C[C@H](Nc1nc(-c2ccccc2CO)cc(-n2cnc3ccccc32)n1)c1ccccc1. The molecule has 1 atom stereocenters. The molecule has 0 bridgehead atoms. The number of aliphatic hydroxyl groups is 1. The third kappa shape index (κ3) is 3.84. The summed E-state index contributed by atoms with van der Waals surface area (Å²) in [7, 11) is 0. The highest BCUT2D eigenvalue weighted by Crippen LogP contribution is 2.27. The molecule has 5 aromatic rings. The van der Waals surface area contributed by atoms with Gasteiger partial charge in [-0.15, -0.1) is 0 Å². The number of para-hydroxylation sites is 2. The molecule has 2 heterocycles. The van der Waals surface area contributed by atoms with Crippen molar-refractivity contribution in [1.82, 2.24) is 19.5 Å². The van der Waals surface area contributed by atoms with E-state index in [0.29, 0.717) is 11.8 Å². The molecule has 0 unspecified atom stereocenters. The van der Waals surface area contributed by atoms with Crippen molar-refractivity contribution in [3.05, 3.63) is 102 Å². The van der Waals surface area contributed by atoms with E-state index in [4.69, 9.17) is 9.97 Å². The lowest BCUT2D eigenvalue weighted by molar-refractivity contribution is 0.282. The molecule has 2 N–H and O–H groups in total. The number of aromatic nitrogens is 4. The molecule has 0 aliphatic rings. The molecule has 6 nitrogen and oxygen atoms in total. The van der Waals surface area contributed by atoms with Crippen LogP contribution in [0.15, 0.2) is 91.3 Å². The van der Waals surface area contributed by atoms with Gasteiger partial charge in [-0.25, -0.2) is 9.97 Å². The summed E-state index contributed by atoms with van der Waals surface area (Å²) in [6.07, 6.45) is 1.78. The Morgan fingerprint density at radius 2 is 1.66 bits per heavy atom. The van der Waals surface area contributed by atoms with Crippen LogP contribution in [-0.4, -0.2) is 24.6 Å². The van der Waals surface area contributed by atoms with Crippen LogP contribution in [0, 0.1) is 0 Å². The van der Waals surface area contributed by atoms with Crippen molar-refractivity contribution in [3.63, 3.8) is 0 Å². The first kappa shape index (κ1) is 19.9. The second kappa shape index (κ2) is 8.61. The summed E-state index contributed by atoms with van der Waals surface area (Å²) < 4.78 is 1.96. The fourth-order valence-corrected chi connectivity index (χ4v) is 3.83. The van der Waals surface area contributed by atoms with E-state index in [-0.39, 0.29) is 12.6 Å². The summed E-state index contributed by atoms with van der Waals surface area (Å²) in [4.78, 5) is 14.1. The van der Waals surface area contributed by atoms with Gasteiger partial charge in [0.05, 0.1) is 29.4 Å². The van der Waals surface area contributed by atoms with Crippen LogP contribution in [0.5, 0.6) is 0 Å². The Kier molecular flexibility index (Phi) is 5.35. The van der Waals surface area contributed by atoms with Crippen LogP contribution >= 0.6 is 0 Å². The third-order valence-electron chi connectivity index (χ3n) is 5.52. The number of nitrogens with one attached hydrogen (secondary N) is 1. The molecule has 0 saturated carbocycles. The van der Waals surface area contributed by atoms with Gasteiger partial charge in [0.1, 0.15) is 12.1 Å². The van der Waals surface area contributed by atoms with E-state index in [1.165, 1.54) is 0 Å². The standard InChI is InChI=1S/C26H23N5O/c1-18(19-9-3-2-4-10-19)28-26-29-23(21-12-6-5-11-20(21)16-32)15-25(30-26)31-17-27-22-13-7-8-14-24(22)31/h2-15,17-18,32H,16H2,1H3,(H,28,29,30)/t18-/m0/s1. The molecule has 6 heteroatoms. The molecule has 0 radical (unpaired) electrons. The maximum Gasteiger partial charge on any atom is 0.225 e. The normalized spacial score (nSPS) is 12.1. The van der Waals surface area contributed by atoms with E-state index in [0.717, 1.165) is 33.4 Å². The molecule has 0 fully saturated rings. The quantitative estimate of drug-likeness (QED) is 0.397. The van der Waals surface area contributed by atoms with E-state index in [2.05, 4.69) is 29.4 Å². The number of rotatable bonds is 6. The second-order valence-corrected chi connectivity index (χ2v) is 7.63. The molecule has 158 valence electrons. The van der Waals surface area contributed by atoms with Crippen LogP contribution in [-0.2, 0) is 6.61 Å². The zero-order valence-corrected chi connectivity index (χ0v) is 17.7. The number of fused-ring (bicyclic) bond motifs is 1. The van der Waals surface area contributed by atoms with E-state index in [1.54, 1.807) is 6.33 Å². The average molecular weight is 422 g/mol. The lowest BCUT2D eigenvalue weighted by Gasteiger charge is -2.17. The van der Waals surface area contributed by atoms with Crippen molar-refractivity contribution in [2.24, 2.45) is 0 Å². The minimum Gasteiger partial charge on any atom is -0.392 e. The molecule has 32 heavy (non-hydrogen) atoms. The van der Waals surface area contributed by atoms with Gasteiger partial charge < -0.3 is 10.4 Å². The van der Waals surface area contributed by atoms with Crippen LogP contribution < -0.4 is 5.32 Å². The molecule has 0 saturated heterocycles. The zero-order valence-electron chi connectivity index (χ0n) is 17.7. The van der Waals surface area contributed by atoms with Gasteiger partial charge in [0, 0.05) is 11.6 Å². The molecule has 0 aliphatic carbocycles. The van der Waals surface area contributed by atoms with Gasteiger partial charge in [0.2, 0.25) is 5.95 Å². The molecule has 5 rings (SSSR count). The Morgan fingerprint density at radius 1 is 0.906 bits per heavy atom. The molecule has 0 spiro atoms. The average Bonchev–Trinajstić information content (AvgIpc) is 3.28. The van der Waals surface area contributed by atoms with Crippen molar-refractivity contribution in [2.45, 2.75) is 19.6 Å². The lowest BCUT2D eigenvalue weighted by atomic mass is 10.0. The summed E-state index contributed by atoms with van der Waals surface area (Å²) in [6.45, 7) is 2.02. The largest absolute Gasteiger partial charge is 0.392 e. The summed E-state index contributed by atoms with van der Waals surface area (Å²) in [5, 5.41) is 13.3. The van der Waals surface area contributed by atoms with Crippen molar-refractivity contribution in [3.8, 4) is 17.1 Å². The number of aliphatic hydroxyl groups excluding tert-OH is 1. The smallest absolute Gasteiger partial charge is 0.225 e. The summed E-state index contributed by atoms with van der Waals surface area (Å²) in [5.74, 6) is 1.22. The summed E-state index contributed by atoms with van der Waals surface area (Å²) >= 11 is 0. The highest BCUT2D eigenvalue weighted by Gasteiger charge is 2.15. The lowest BCUT2D eigenvalue weighted by Crippen LogP contribution is -2.11. The van der Waals surface area contributed by atoms with E-state index < -0.39 is 0 Å². The number of hydrogen-bond acceptors (Lipinski definition) is 5. The van der Waals surface area contributed by atoms with Gasteiger partial charge in [-0.3, -0.25) is 4.57 Å². The Bertz CT molecular complexity index is 1360. The van der Waals surface area contributed by atoms with E-state index >= 15 is 0 Å². The zero-order chi connectivity index (χ0) is 21.9. The van der Waals surface area contributed by atoms with Gasteiger partial charge in [-0.2, -0.15) is 4.98 Å². The van der Waals surface area contributed by atoms with E-state index in [1.807, 2.05) is 77.4 Å². The Labute approximate surface area is 186 Å². The fraction of sp³-hybridized carbons (Fsp3) is 0.115. The van der Waals surface area contributed by atoms with Gasteiger partial charge in [-0.05, 0) is 30.2 Å². The summed E-state index contributed by atoms with van der Waals surface area (Å²) in [5.41, 5.74) is 5.44. The first-order valence-electron chi connectivity index (χ1n) is 10.5. The van der Waals surface area contributed by atoms with Crippen LogP contribution in [0.2, 0.25) is 0 Å². The first-order chi connectivity index (χ1) is 15.7. The molecular formula is C26H23N5O. The number of anilines is 1. The first-order valence-corrected chi connectivity index (χ1v) is 10.5. The number of hydrogen-bond donors (Lipinski definition) is 2. The Morgan fingerprint density at radius 3 is 2.50 bits per heavy atom. The second-order valence-electron chi connectivity index (χ2n) is 7.63. The summed E-state index contributed by atoms with van der Waals surface area (Å²) in [6, 6.07) is 27.8. The predicted octanol–water partition coefficient (Wildman–Crippen LogP) is 5.15. The topological polar surface area (TPSA) is 75.9 Å². The Balaban J connectivity index is 1.64. The van der Waals surface area contributed by atoms with Gasteiger partial charge >= 0.3 is 0 Å². The minimum absolute atomic E-state index is 0.0203. The maximum absolute atomic E-state index is 9.86. The monoisotopic (exact) mass is 421 g/mol. The number of benzene rings is 3. The van der Waals surface area contributed by atoms with Crippen molar-refractivity contribution in [1.29, 1.82) is 0 Å². The van der Waals surface area contributed by atoms with Crippen LogP contribution in [0.3, 0.4) is 0 Å². The van der Waals surface area contributed by atoms with Crippen LogP contribution in [0.25, 0.3) is 28.1 Å². The van der Waals surface area contributed by atoms with Crippen molar-refractivity contribution >= 4 is 17.0 Å². The molecular weight excluding hydrogens is 398 g/mol. The highest BCUT2D eigenvalue weighted by atomic mass is 16.3. The van der Waals surface area contributed by atoms with E-state index in [9.17, 15) is 5.11 Å². The molecule has 0 amide bonds. The van der Waals surface area contributed by atoms with Gasteiger partial charge in [0.15, 0.2) is 0 Å². The minimum atomic E-state index is -0.0628. The predicted molar refractivity (Wildman–Crippen MR) is 126 cm³/mol. The molecule has 0 aliphatic heterocycles. The van der Waals surface area contributed by atoms with Crippen molar-refractivity contribution < 1.29 is 5.11 Å². The fourth-order valence-electron chi connectivity index (χ4n) is 3.83. The van der Waals surface area contributed by atoms with Crippen LogP contribution in [0.1, 0.15) is 24.1 Å². The maximum atomic E-state index is 9.86. The Hall–Kier alpha value is -4.03. The number of imidazole rings is 1. The third-order valence-corrected chi connectivity index (χ3v) is 5.52. The highest BCUT2D eigenvalue weighted by molar-refractivity contribution is 5.77. The van der Waals surface area contributed by atoms with Gasteiger partial charge in [0.25, 0.3) is 0 Å². The molecule has 2 aromatic heterocycles. The van der Waals surface area contributed by atoms with Gasteiger partial charge in [-0.1, -0.05) is 66.7 Å². The van der Waals surface area contributed by atoms with Crippen LogP contribution in [0.4, 0.5) is 5.95 Å².